The highest BCUT2D eigenvalue weighted by atomic mass is 35.5. The molecule has 25 heavy (non-hydrogen) atoms. The summed E-state index contributed by atoms with van der Waals surface area (Å²) in [6.45, 7) is -0.0296. The smallest absolute Gasteiger partial charge is 0.313 e. The number of hydrogen-bond donors (Lipinski definition) is 2. The summed E-state index contributed by atoms with van der Waals surface area (Å²) in [5, 5.41) is 4.83. The normalized spacial score (nSPS) is 11.7. The molecule has 0 heterocycles. The van der Waals surface area contributed by atoms with Crippen molar-refractivity contribution in [3.05, 3.63) is 64.7 Å². The van der Waals surface area contributed by atoms with Gasteiger partial charge in [0.2, 0.25) is 0 Å². The first-order valence-electron chi connectivity index (χ1n) is 7.24. The van der Waals surface area contributed by atoms with E-state index in [1.807, 2.05) is 5.32 Å². The zero-order chi connectivity index (χ0) is 18.4. The summed E-state index contributed by atoms with van der Waals surface area (Å²) in [6, 6.07) is 9.43. The Hall–Kier alpha value is -2.51. The second-order valence-electron chi connectivity index (χ2n) is 5.03. The van der Waals surface area contributed by atoms with E-state index in [4.69, 9.17) is 16.3 Å². The molecule has 2 aromatic rings. The van der Waals surface area contributed by atoms with Crippen molar-refractivity contribution in [2.45, 2.75) is 6.10 Å². The maximum atomic E-state index is 13.5. The Morgan fingerprint density at radius 1 is 1.16 bits per heavy atom. The van der Waals surface area contributed by atoms with Crippen LogP contribution in [-0.4, -0.2) is 25.5 Å². The molecule has 0 spiro atoms. The number of rotatable bonds is 5. The van der Waals surface area contributed by atoms with Gasteiger partial charge in [0, 0.05) is 30.3 Å². The number of nitrogens with one attached hydrogen (secondary N) is 2. The molecule has 0 aliphatic rings. The summed E-state index contributed by atoms with van der Waals surface area (Å²) < 4.78 is 31.8. The van der Waals surface area contributed by atoms with Crippen molar-refractivity contribution in [2.24, 2.45) is 0 Å². The molecule has 0 bridgehead atoms. The fourth-order valence-corrected chi connectivity index (χ4v) is 2.35. The fourth-order valence-electron chi connectivity index (χ4n) is 2.09. The Morgan fingerprint density at radius 3 is 2.56 bits per heavy atom. The number of amides is 2. The average Bonchev–Trinajstić information content (AvgIpc) is 2.59. The van der Waals surface area contributed by atoms with Gasteiger partial charge in [-0.3, -0.25) is 9.59 Å². The molecule has 5 nitrogen and oxygen atoms in total. The van der Waals surface area contributed by atoms with Gasteiger partial charge >= 0.3 is 11.8 Å². The second-order valence-corrected chi connectivity index (χ2v) is 5.44. The third kappa shape index (κ3) is 4.98. The van der Waals surface area contributed by atoms with Crippen molar-refractivity contribution in [3.63, 3.8) is 0 Å². The van der Waals surface area contributed by atoms with Crippen molar-refractivity contribution in [3.8, 4) is 0 Å². The van der Waals surface area contributed by atoms with Gasteiger partial charge < -0.3 is 15.4 Å². The van der Waals surface area contributed by atoms with Crippen LogP contribution in [0.5, 0.6) is 0 Å². The van der Waals surface area contributed by atoms with Crippen LogP contribution < -0.4 is 10.6 Å². The van der Waals surface area contributed by atoms with Crippen LogP contribution in [0.25, 0.3) is 0 Å². The minimum Gasteiger partial charge on any atom is -0.375 e. The van der Waals surface area contributed by atoms with E-state index in [0.29, 0.717) is 10.6 Å². The topological polar surface area (TPSA) is 67.4 Å². The van der Waals surface area contributed by atoms with Gasteiger partial charge in [0.1, 0.15) is 17.7 Å². The second kappa shape index (κ2) is 8.55. The molecule has 0 saturated carbocycles. The number of hydrogen-bond acceptors (Lipinski definition) is 3. The highest BCUT2D eigenvalue weighted by Gasteiger charge is 2.19. The molecule has 0 saturated heterocycles. The number of ether oxygens (including phenoxy) is 1. The first-order valence-corrected chi connectivity index (χ1v) is 7.61. The number of halogens is 3. The molecule has 0 aromatic heterocycles. The van der Waals surface area contributed by atoms with Crippen molar-refractivity contribution >= 4 is 29.1 Å². The SMILES string of the molecule is CO[C@@H](CNC(=O)C(=O)Nc1cc(F)ccc1F)c1ccccc1Cl. The first kappa shape index (κ1) is 18.8. The van der Waals surface area contributed by atoms with Crippen LogP contribution >= 0.6 is 11.6 Å². The number of benzene rings is 2. The van der Waals surface area contributed by atoms with Crippen molar-refractivity contribution < 1.29 is 23.1 Å². The molecule has 0 radical (unpaired) electrons. The Bertz CT molecular complexity index is 786. The predicted molar refractivity (Wildman–Crippen MR) is 89.2 cm³/mol. The molecule has 2 N–H and O–H groups in total. The number of methoxy groups -OCH3 is 1. The van der Waals surface area contributed by atoms with Gasteiger partial charge in [0.25, 0.3) is 0 Å². The van der Waals surface area contributed by atoms with Crippen LogP contribution in [0.4, 0.5) is 14.5 Å². The lowest BCUT2D eigenvalue weighted by molar-refractivity contribution is -0.136. The summed E-state index contributed by atoms with van der Waals surface area (Å²) >= 11 is 6.07. The Morgan fingerprint density at radius 2 is 1.88 bits per heavy atom. The lowest BCUT2D eigenvalue weighted by Gasteiger charge is -2.17. The molecule has 2 aromatic carbocycles. The third-order valence-electron chi connectivity index (χ3n) is 3.37. The molecule has 0 aliphatic heterocycles. The van der Waals surface area contributed by atoms with Crippen molar-refractivity contribution in [1.82, 2.24) is 5.32 Å². The van der Waals surface area contributed by atoms with E-state index in [1.54, 1.807) is 24.3 Å². The Balaban J connectivity index is 1.98. The summed E-state index contributed by atoms with van der Waals surface area (Å²) in [5.41, 5.74) is 0.220. The maximum Gasteiger partial charge on any atom is 0.313 e. The largest absolute Gasteiger partial charge is 0.375 e. The molecule has 132 valence electrons. The lowest BCUT2D eigenvalue weighted by atomic mass is 10.1. The van der Waals surface area contributed by atoms with Crippen LogP contribution in [0.3, 0.4) is 0 Å². The number of carbonyl (C=O) groups excluding carboxylic acids is 2. The molecule has 1 atom stereocenters. The van der Waals surface area contributed by atoms with Crippen molar-refractivity contribution in [2.75, 3.05) is 19.0 Å². The molecule has 0 unspecified atom stereocenters. The van der Waals surface area contributed by atoms with Gasteiger partial charge in [0.15, 0.2) is 0 Å². The minimum absolute atomic E-state index is 0.0296. The molecular formula is C17H15ClF2N2O3. The van der Waals surface area contributed by atoms with E-state index in [0.717, 1.165) is 18.2 Å². The fraction of sp³-hybridized carbons (Fsp3) is 0.176. The van der Waals surface area contributed by atoms with Gasteiger partial charge in [-0.05, 0) is 18.2 Å². The van der Waals surface area contributed by atoms with E-state index in [-0.39, 0.29) is 6.54 Å². The van der Waals surface area contributed by atoms with Crippen molar-refractivity contribution in [1.29, 1.82) is 0 Å². The minimum atomic E-state index is -1.13. The van der Waals surface area contributed by atoms with Crippen LogP contribution in [0.1, 0.15) is 11.7 Å². The predicted octanol–water partition coefficient (Wildman–Crippen LogP) is 3.06. The Labute approximate surface area is 147 Å². The average molecular weight is 369 g/mol. The quantitative estimate of drug-likeness (QED) is 0.797. The van der Waals surface area contributed by atoms with E-state index in [1.165, 1.54) is 7.11 Å². The van der Waals surface area contributed by atoms with E-state index in [2.05, 4.69) is 5.32 Å². The number of carbonyl (C=O) groups is 2. The molecule has 0 fully saturated rings. The van der Waals surface area contributed by atoms with Crippen LogP contribution in [-0.2, 0) is 14.3 Å². The maximum absolute atomic E-state index is 13.5. The standard InChI is InChI=1S/C17H15ClF2N2O3/c1-25-15(11-4-2-3-5-12(11)18)9-21-16(23)17(24)22-14-8-10(19)6-7-13(14)20/h2-8,15H,9H2,1H3,(H,21,23)(H,22,24)/t15-/m0/s1. The number of anilines is 1. The summed E-state index contributed by atoms with van der Waals surface area (Å²) in [5.74, 6) is -3.74. The van der Waals surface area contributed by atoms with Crippen LogP contribution in [0.15, 0.2) is 42.5 Å². The van der Waals surface area contributed by atoms with E-state index >= 15 is 0 Å². The highest BCUT2D eigenvalue weighted by molar-refractivity contribution is 6.39. The molecule has 2 amide bonds. The highest BCUT2D eigenvalue weighted by Crippen LogP contribution is 2.24. The van der Waals surface area contributed by atoms with Crippen LogP contribution in [0, 0.1) is 11.6 Å². The molecule has 0 aliphatic carbocycles. The Kier molecular flexibility index (Phi) is 6.44. The van der Waals surface area contributed by atoms with E-state index in [9.17, 15) is 18.4 Å². The monoisotopic (exact) mass is 368 g/mol. The first-order chi connectivity index (χ1) is 11.9. The van der Waals surface area contributed by atoms with E-state index < -0.39 is 35.2 Å². The molecular weight excluding hydrogens is 354 g/mol. The summed E-state index contributed by atoms with van der Waals surface area (Å²) in [4.78, 5) is 23.7. The van der Waals surface area contributed by atoms with Gasteiger partial charge in [-0.1, -0.05) is 29.8 Å². The van der Waals surface area contributed by atoms with Gasteiger partial charge in [-0.15, -0.1) is 0 Å². The zero-order valence-electron chi connectivity index (χ0n) is 13.2. The summed E-state index contributed by atoms with van der Waals surface area (Å²) in [6.07, 6.45) is -0.573. The summed E-state index contributed by atoms with van der Waals surface area (Å²) in [7, 11) is 1.43. The van der Waals surface area contributed by atoms with Gasteiger partial charge in [-0.2, -0.15) is 0 Å². The van der Waals surface area contributed by atoms with Crippen LogP contribution in [0.2, 0.25) is 5.02 Å². The zero-order valence-corrected chi connectivity index (χ0v) is 13.9. The van der Waals surface area contributed by atoms with Gasteiger partial charge in [0.05, 0.1) is 5.69 Å². The molecule has 8 heteroatoms. The third-order valence-corrected chi connectivity index (χ3v) is 3.71. The van der Waals surface area contributed by atoms with Gasteiger partial charge in [-0.25, -0.2) is 8.78 Å². The lowest BCUT2D eigenvalue weighted by Crippen LogP contribution is -2.38. The molecule has 2 rings (SSSR count).